The maximum absolute atomic E-state index is 6.20. The van der Waals surface area contributed by atoms with E-state index in [1.807, 2.05) is 9.25 Å². The number of hydrogen-bond acceptors (Lipinski definition) is 3. The second-order valence-electron chi connectivity index (χ2n) is 4.80. The van der Waals surface area contributed by atoms with Gasteiger partial charge in [-0.25, -0.2) is 14.6 Å². The topological polar surface area (TPSA) is 48.5 Å². The average molecular weight is 286 g/mol. The third kappa shape index (κ3) is 1.53. The molecule has 4 rings (SSSR count). The third-order valence-corrected chi connectivity index (χ3v) is 4.02. The molecular weight excluding hydrogens is 274 g/mol. The Balaban J connectivity index is 2.08. The largest absolute Gasteiger partial charge is 0.299 e. The van der Waals surface area contributed by atoms with Crippen LogP contribution in [0.4, 0.5) is 0 Å². The van der Waals surface area contributed by atoms with Crippen LogP contribution in [0.1, 0.15) is 18.2 Å². The first-order chi connectivity index (χ1) is 9.78. The van der Waals surface area contributed by atoms with Crippen molar-refractivity contribution in [1.29, 1.82) is 0 Å². The quantitative estimate of drug-likeness (QED) is 0.540. The van der Waals surface area contributed by atoms with Crippen molar-refractivity contribution in [2.45, 2.75) is 19.9 Å². The van der Waals surface area contributed by atoms with Crippen molar-refractivity contribution in [2.75, 3.05) is 0 Å². The Morgan fingerprint density at radius 3 is 3.05 bits per heavy atom. The van der Waals surface area contributed by atoms with Crippen molar-refractivity contribution < 1.29 is 0 Å². The summed E-state index contributed by atoms with van der Waals surface area (Å²) in [5.74, 6) is 0.870. The lowest BCUT2D eigenvalue weighted by atomic mass is 10.1. The fourth-order valence-corrected chi connectivity index (χ4v) is 2.82. The summed E-state index contributed by atoms with van der Waals surface area (Å²) in [7, 11) is 0. The fourth-order valence-electron chi connectivity index (χ4n) is 2.62. The van der Waals surface area contributed by atoms with Gasteiger partial charge in [0.15, 0.2) is 11.0 Å². The lowest BCUT2D eigenvalue weighted by molar-refractivity contribution is 0.677. The SMILES string of the molecule is CCc1ccc2c(c1)-c1ncnn1Cc1c(Cl)ncn1-2. The molecule has 0 spiro atoms. The highest BCUT2D eigenvalue weighted by atomic mass is 35.5. The molecule has 0 radical (unpaired) electrons. The Morgan fingerprint density at radius 2 is 2.20 bits per heavy atom. The van der Waals surface area contributed by atoms with Crippen LogP contribution in [0.25, 0.3) is 17.1 Å². The van der Waals surface area contributed by atoms with Gasteiger partial charge in [0.2, 0.25) is 0 Å². The van der Waals surface area contributed by atoms with Crippen molar-refractivity contribution >= 4 is 11.6 Å². The third-order valence-electron chi connectivity index (χ3n) is 3.70. The number of halogens is 1. The normalized spacial score (nSPS) is 12.5. The van der Waals surface area contributed by atoms with E-state index in [0.717, 1.165) is 29.2 Å². The molecule has 0 fully saturated rings. The highest BCUT2D eigenvalue weighted by molar-refractivity contribution is 6.30. The molecule has 3 heterocycles. The summed E-state index contributed by atoms with van der Waals surface area (Å²) < 4.78 is 3.89. The molecule has 6 heteroatoms. The molecule has 0 saturated heterocycles. The minimum Gasteiger partial charge on any atom is -0.299 e. The van der Waals surface area contributed by atoms with Crippen LogP contribution in [0.2, 0.25) is 5.15 Å². The molecule has 0 amide bonds. The van der Waals surface area contributed by atoms with Crippen molar-refractivity contribution in [3.63, 3.8) is 0 Å². The number of hydrogen-bond donors (Lipinski definition) is 0. The van der Waals surface area contributed by atoms with Crippen molar-refractivity contribution in [1.82, 2.24) is 24.3 Å². The summed E-state index contributed by atoms with van der Waals surface area (Å²) in [4.78, 5) is 8.61. The van der Waals surface area contributed by atoms with Crippen LogP contribution < -0.4 is 0 Å². The van der Waals surface area contributed by atoms with Gasteiger partial charge in [0, 0.05) is 5.56 Å². The van der Waals surface area contributed by atoms with Crippen LogP contribution in [0.3, 0.4) is 0 Å². The molecular formula is C14H12ClN5. The molecule has 3 aromatic rings. The number of nitrogens with zero attached hydrogens (tertiary/aromatic N) is 5. The van der Waals surface area contributed by atoms with Crippen molar-refractivity contribution in [3.05, 3.63) is 47.3 Å². The van der Waals surface area contributed by atoms with E-state index in [1.54, 1.807) is 12.7 Å². The van der Waals surface area contributed by atoms with E-state index in [9.17, 15) is 0 Å². The Hall–Kier alpha value is -2.14. The summed E-state index contributed by atoms with van der Waals surface area (Å²) in [6.45, 7) is 2.72. The smallest absolute Gasteiger partial charge is 0.160 e. The van der Waals surface area contributed by atoms with E-state index in [0.29, 0.717) is 11.7 Å². The van der Waals surface area contributed by atoms with Gasteiger partial charge in [-0.15, -0.1) is 0 Å². The molecule has 5 nitrogen and oxygen atoms in total. The Bertz CT molecular complexity index is 802. The maximum atomic E-state index is 6.20. The number of benzene rings is 1. The van der Waals surface area contributed by atoms with E-state index in [4.69, 9.17) is 11.6 Å². The van der Waals surface area contributed by atoms with Crippen LogP contribution in [0, 0.1) is 0 Å². The zero-order chi connectivity index (χ0) is 13.7. The number of rotatable bonds is 1. The highest BCUT2D eigenvalue weighted by Gasteiger charge is 2.22. The zero-order valence-corrected chi connectivity index (χ0v) is 11.7. The van der Waals surface area contributed by atoms with Gasteiger partial charge in [0.05, 0.1) is 17.9 Å². The van der Waals surface area contributed by atoms with E-state index in [1.165, 1.54) is 5.56 Å². The Labute approximate surface area is 120 Å². The van der Waals surface area contributed by atoms with Gasteiger partial charge in [-0.3, -0.25) is 4.57 Å². The second-order valence-corrected chi connectivity index (χ2v) is 5.16. The van der Waals surface area contributed by atoms with Gasteiger partial charge in [-0.1, -0.05) is 24.6 Å². The van der Waals surface area contributed by atoms with Gasteiger partial charge >= 0.3 is 0 Å². The summed E-state index contributed by atoms with van der Waals surface area (Å²) >= 11 is 6.20. The lowest BCUT2D eigenvalue weighted by Crippen LogP contribution is -2.04. The predicted molar refractivity (Wildman–Crippen MR) is 76.1 cm³/mol. The van der Waals surface area contributed by atoms with Crippen molar-refractivity contribution in [2.24, 2.45) is 0 Å². The first-order valence-electron chi connectivity index (χ1n) is 6.51. The fraction of sp³-hybridized carbons (Fsp3) is 0.214. The number of aromatic nitrogens is 5. The molecule has 0 aliphatic carbocycles. The first kappa shape index (κ1) is 11.7. The average Bonchev–Trinajstić information content (AvgIpc) is 3.04. The minimum atomic E-state index is 0.513. The second kappa shape index (κ2) is 4.18. The van der Waals surface area contributed by atoms with Crippen LogP contribution in [0.5, 0.6) is 0 Å². The molecule has 0 saturated carbocycles. The molecule has 1 aliphatic rings. The van der Waals surface area contributed by atoms with Gasteiger partial charge in [0.25, 0.3) is 0 Å². The molecule has 0 atom stereocenters. The van der Waals surface area contributed by atoms with Crippen LogP contribution in [-0.2, 0) is 13.0 Å². The van der Waals surface area contributed by atoms with Crippen LogP contribution >= 0.6 is 11.6 Å². The molecule has 0 bridgehead atoms. The summed E-state index contributed by atoms with van der Waals surface area (Å²) in [5, 5.41) is 4.81. The van der Waals surface area contributed by atoms with Gasteiger partial charge in [-0.2, -0.15) is 5.10 Å². The Morgan fingerprint density at radius 1 is 1.30 bits per heavy atom. The maximum Gasteiger partial charge on any atom is 0.160 e. The minimum absolute atomic E-state index is 0.513. The van der Waals surface area contributed by atoms with Gasteiger partial charge in [0.1, 0.15) is 12.7 Å². The van der Waals surface area contributed by atoms with Crippen LogP contribution in [0.15, 0.2) is 30.9 Å². The summed E-state index contributed by atoms with van der Waals surface area (Å²) in [6, 6.07) is 6.39. The summed E-state index contributed by atoms with van der Waals surface area (Å²) in [5.41, 5.74) is 4.31. The van der Waals surface area contributed by atoms with E-state index in [2.05, 4.69) is 40.2 Å². The number of fused-ring (bicyclic) bond motifs is 5. The molecule has 100 valence electrons. The van der Waals surface area contributed by atoms with Crippen molar-refractivity contribution in [3.8, 4) is 17.1 Å². The predicted octanol–water partition coefficient (Wildman–Crippen LogP) is 2.71. The van der Waals surface area contributed by atoms with Gasteiger partial charge < -0.3 is 0 Å². The lowest BCUT2D eigenvalue weighted by Gasteiger charge is -2.09. The molecule has 0 unspecified atom stereocenters. The first-order valence-corrected chi connectivity index (χ1v) is 6.89. The monoisotopic (exact) mass is 285 g/mol. The van der Waals surface area contributed by atoms with E-state index in [-0.39, 0.29) is 0 Å². The number of imidazole rings is 1. The van der Waals surface area contributed by atoms with E-state index < -0.39 is 0 Å². The number of aryl methyl sites for hydroxylation is 1. The van der Waals surface area contributed by atoms with Crippen LogP contribution in [-0.4, -0.2) is 24.3 Å². The summed E-state index contributed by atoms with van der Waals surface area (Å²) in [6.07, 6.45) is 4.32. The molecule has 1 aromatic carbocycles. The highest BCUT2D eigenvalue weighted by Crippen LogP contribution is 2.32. The zero-order valence-electron chi connectivity index (χ0n) is 10.9. The van der Waals surface area contributed by atoms with Gasteiger partial charge in [-0.05, 0) is 24.1 Å². The standard InChI is InChI=1S/C14H12ClN5/c1-2-9-3-4-11-10(5-9)14-16-7-18-20(14)6-12-13(15)17-8-19(11)12/h3-5,7-8H,2,6H2,1H3. The molecule has 0 N–H and O–H groups in total. The van der Waals surface area contributed by atoms with E-state index >= 15 is 0 Å². The molecule has 2 aromatic heterocycles. The Kier molecular flexibility index (Phi) is 2.44. The molecule has 1 aliphatic heterocycles. The molecule has 20 heavy (non-hydrogen) atoms.